The number of hydrogen-bond acceptors (Lipinski definition) is 5. The van der Waals surface area contributed by atoms with Gasteiger partial charge in [0, 0.05) is 38.8 Å². The van der Waals surface area contributed by atoms with E-state index in [1.807, 2.05) is 6.92 Å². The third kappa shape index (κ3) is 6.89. The molecule has 1 aromatic heterocycles. The van der Waals surface area contributed by atoms with E-state index in [-0.39, 0.29) is 30.5 Å². The zero-order chi connectivity index (χ0) is 19.1. The average Bonchev–Trinajstić information content (AvgIpc) is 3.36. The van der Waals surface area contributed by atoms with E-state index in [1.54, 1.807) is 25.3 Å². The van der Waals surface area contributed by atoms with Crippen molar-refractivity contribution in [3.05, 3.63) is 24.2 Å². The molecule has 0 radical (unpaired) electrons. The summed E-state index contributed by atoms with van der Waals surface area (Å²) in [4.78, 5) is 7.15. The van der Waals surface area contributed by atoms with Gasteiger partial charge in [-0.05, 0) is 51.2 Å². The van der Waals surface area contributed by atoms with Gasteiger partial charge in [0.05, 0.1) is 19.4 Å². The number of nitrogens with zero attached hydrogens (tertiary/aromatic N) is 2. The molecule has 2 aliphatic rings. The van der Waals surface area contributed by atoms with E-state index >= 15 is 0 Å². The van der Waals surface area contributed by atoms with E-state index in [9.17, 15) is 5.11 Å². The number of rotatable bonds is 7. The molecule has 0 aliphatic carbocycles. The third-order valence-electron chi connectivity index (χ3n) is 5.41. The number of aliphatic imine (C=N–C) groups is 1. The van der Waals surface area contributed by atoms with Crippen LogP contribution in [0.25, 0.3) is 0 Å². The summed E-state index contributed by atoms with van der Waals surface area (Å²) in [6.45, 7) is 10.0. The van der Waals surface area contributed by atoms with Crippen molar-refractivity contribution in [1.82, 2.24) is 15.5 Å². The zero-order valence-electron chi connectivity index (χ0n) is 17.0. The van der Waals surface area contributed by atoms with Gasteiger partial charge in [0.25, 0.3) is 0 Å². The highest BCUT2D eigenvalue weighted by Gasteiger charge is 2.27. The number of ether oxygens (including phenoxy) is 1. The molecule has 2 atom stereocenters. The summed E-state index contributed by atoms with van der Waals surface area (Å²) in [7, 11) is 0. The van der Waals surface area contributed by atoms with Crippen molar-refractivity contribution in [3.63, 3.8) is 0 Å². The highest BCUT2D eigenvalue weighted by Crippen LogP contribution is 2.21. The minimum absolute atomic E-state index is 0. The molecule has 2 fully saturated rings. The monoisotopic (exact) mass is 506 g/mol. The molecule has 0 amide bonds. The minimum Gasteiger partial charge on any atom is -0.466 e. The maximum atomic E-state index is 10.6. The van der Waals surface area contributed by atoms with E-state index in [1.165, 1.54) is 6.42 Å². The van der Waals surface area contributed by atoms with Gasteiger partial charge < -0.3 is 29.8 Å². The molecule has 3 heterocycles. The molecule has 0 saturated carbocycles. The normalized spacial score (nSPS) is 23.8. The first kappa shape index (κ1) is 23.4. The topological polar surface area (TPSA) is 82.3 Å². The Labute approximate surface area is 185 Å². The highest BCUT2D eigenvalue weighted by atomic mass is 127. The Morgan fingerprint density at radius 2 is 2.14 bits per heavy atom. The SMILES string of the molecule is CCNC(=NCC(C)(O)c1ccco1)NC1CCN(CC2CCOC2)CC1.I. The molecule has 1 aromatic rings. The second kappa shape index (κ2) is 11.4. The van der Waals surface area contributed by atoms with Gasteiger partial charge >= 0.3 is 0 Å². The predicted molar refractivity (Wildman–Crippen MR) is 121 cm³/mol. The second-order valence-corrected chi connectivity index (χ2v) is 7.90. The number of likely N-dealkylation sites (tertiary alicyclic amines) is 1. The van der Waals surface area contributed by atoms with Crippen LogP contribution in [0.2, 0.25) is 0 Å². The quantitative estimate of drug-likeness (QED) is 0.299. The van der Waals surface area contributed by atoms with Crippen molar-refractivity contribution < 1.29 is 14.3 Å². The maximum Gasteiger partial charge on any atom is 0.191 e. The van der Waals surface area contributed by atoms with Crippen molar-refractivity contribution >= 4 is 29.9 Å². The van der Waals surface area contributed by atoms with Crippen molar-refractivity contribution in [2.24, 2.45) is 10.9 Å². The lowest BCUT2D eigenvalue weighted by Gasteiger charge is -2.34. The summed E-state index contributed by atoms with van der Waals surface area (Å²) in [5.74, 6) is 2.00. The Kier molecular flexibility index (Phi) is 9.52. The molecule has 28 heavy (non-hydrogen) atoms. The zero-order valence-corrected chi connectivity index (χ0v) is 19.4. The molecule has 160 valence electrons. The van der Waals surface area contributed by atoms with Crippen molar-refractivity contribution in [2.75, 3.05) is 45.9 Å². The first-order valence-electron chi connectivity index (χ1n) is 10.2. The summed E-state index contributed by atoms with van der Waals surface area (Å²) in [5, 5.41) is 17.4. The fourth-order valence-electron chi connectivity index (χ4n) is 3.76. The maximum absolute atomic E-state index is 10.6. The van der Waals surface area contributed by atoms with E-state index < -0.39 is 5.60 Å². The fraction of sp³-hybridized carbons (Fsp3) is 0.750. The van der Waals surface area contributed by atoms with Gasteiger partial charge in [-0.1, -0.05) is 0 Å². The van der Waals surface area contributed by atoms with Crippen LogP contribution in [0, 0.1) is 5.92 Å². The van der Waals surface area contributed by atoms with Crippen LogP contribution in [-0.4, -0.2) is 67.9 Å². The first-order chi connectivity index (χ1) is 13.1. The molecular weight excluding hydrogens is 471 g/mol. The molecule has 0 bridgehead atoms. The Bertz CT molecular complexity index is 580. The number of aliphatic hydroxyl groups is 1. The minimum atomic E-state index is -1.11. The summed E-state index contributed by atoms with van der Waals surface area (Å²) in [6.07, 6.45) is 4.98. The van der Waals surface area contributed by atoms with Crippen LogP contribution >= 0.6 is 24.0 Å². The van der Waals surface area contributed by atoms with Crippen LogP contribution in [0.1, 0.15) is 38.9 Å². The van der Waals surface area contributed by atoms with Crippen LogP contribution in [0.15, 0.2) is 27.8 Å². The van der Waals surface area contributed by atoms with E-state index in [0.29, 0.717) is 17.7 Å². The van der Waals surface area contributed by atoms with Gasteiger partial charge in [-0.3, -0.25) is 0 Å². The molecule has 3 rings (SSSR count). The van der Waals surface area contributed by atoms with Crippen LogP contribution in [0.3, 0.4) is 0 Å². The van der Waals surface area contributed by atoms with Crippen LogP contribution in [0.5, 0.6) is 0 Å². The highest BCUT2D eigenvalue weighted by molar-refractivity contribution is 14.0. The van der Waals surface area contributed by atoms with Gasteiger partial charge in [-0.25, -0.2) is 4.99 Å². The molecule has 2 saturated heterocycles. The summed E-state index contributed by atoms with van der Waals surface area (Å²) in [6, 6.07) is 3.97. The Balaban J connectivity index is 0.00000280. The molecule has 7 nitrogen and oxygen atoms in total. The molecule has 2 unspecified atom stereocenters. The number of furan rings is 1. The molecule has 3 N–H and O–H groups in total. The summed E-state index contributed by atoms with van der Waals surface area (Å²) < 4.78 is 10.8. The predicted octanol–water partition coefficient (Wildman–Crippen LogP) is 2.16. The first-order valence-corrected chi connectivity index (χ1v) is 10.2. The van der Waals surface area contributed by atoms with Gasteiger partial charge in [-0.2, -0.15) is 0 Å². The third-order valence-corrected chi connectivity index (χ3v) is 5.41. The smallest absolute Gasteiger partial charge is 0.191 e. The van der Waals surface area contributed by atoms with E-state index in [4.69, 9.17) is 9.15 Å². The lowest BCUT2D eigenvalue weighted by Crippen LogP contribution is -2.49. The van der Waals surface area contributed by atoms with Gasteiger partial charge in [0.15, 0.2) is 5.96 Å². The molecule has 8 heteroatoms. The lowest BCUT2D eigenvalue weighted by molar-refractivity contribution is 0.0436. The Morgan fingerprint density at radius 3 is 2.75 bits per heavy atom. The van der Waals surface area contributed by atoms with Crippen LogP contribution in [0.4, 0.5) is 0 Å². The lowest BCUT2D eigenvalue weighted by atomic mass is 10.0. The fourth-order valence-corrected chi connectivity index (χ4v) is 3.76. The molecule has 2 aliphatic heterocycles. The number of nitrogens with one attached hydrogen (secondary N) is 2. The van der Waals surface area contributed by atoms with Crippen molar-refractivity contribution in [1.29, 1.82) is 0 Å². The van der Waals surface area contributed by atoms with Gasteiger partial charge in [-0.15, -0.1) is 24.0 Å². The number of guanidine groups is 1. The van der Waals surface area contributed by atoms with Crippen molar-refractivity contribution in [3.8, 4) is 0 Å². The van der Waals surface area contributed by atoms with Gasteiger partial charge in [0.1, 0.15) is 11.4 Å². The van der Waals surface area contributed by atoms with Gasteiger partial charge in [0.2, 0.25) is 0 Å². The van der Waals surface area contributed by atoms with E-state index in [2.05, 4.69) is 20.5 Å². The Hall–Kier alpha value is -0.840. The number of halogens is 1. The Morgan fingerprint density at radius 1 is 1.36 bits per heavy atom. The number of piperidine rings is 1. The van der Waals surface area contributed by atoms with E-state index in [0.717, 1.165) is 58.2 Å². The standard InChI is InChI=1S/C20H34N4O3.HI/c1-3-21-19(22-15-20(2,25)18-5-4-11-27-18)23-17-6-9-24(10-7-17)13-16-8-12-26-14-16;/h4-5,11,16-17,25H,3,6-10,12-15H2,1-2H3,(H2,21,22,23);1H. The average molecular weight is 506 g/mol. The van der Waals surface area contributed by atoms with Crippen LogP contribution in [-0.2, 0) is 10.3 Å². The molecule has 0 aromatic carbocycles. The summed E-state index contributed by atoms with van der Waals surface area (Å²) in [5.41, 5.74) is -1.11. The molecule has 0 spiro atoms. The number of hydrogen-bond donors (Lipinski definition) is 3. The molecular formula is C20H35IN4O3. The van der Waals surface area contributed by atoms with Crippen molar-refractivity contribution in [2.45, 2.75) is 44.8 Å². The van der Waals surface area contributed by atoms with Crippen LogP contribution < -0.4 is 10.6 Å². The second-order valence-electron chi connectivity index (χ2n) is 7.90. The largest absolute Gasteiger partial charge is 0.466 e. The summed E-state index contributed by atoms with van der Waals surface area (Å²) >= 11 is 0.